The maximum Gasteiger partial charge on any atom is 0.290 e. The van der Waals surface area contributed by atoms with Crippen molar-refractivity contribution in [1.29, 1.82) is 0 Å². The highest BCUT2D eigenvalue weighted by Crippen LogP contribution is 2.43. The number of carbonyl (C=O) groups is 1. The van der Waals surface area contributed by atoms with Crippen molar-refractivity contribution in [3.63, 3.8) is 0 Å². The normalized spacial score (nSPS) is 13.6. The number of alkyl halides is 2. The van der Waals surface area contributed by atoms with Crippen LogP contribution in [-0.4, -0.2) is 17.4 Å². The Hall–Kier alpha value is -3.06. The Morgan fingerprint density at radius 2 is 1.91 bits per heavy atom. The van der Waals surface area contributed by atoms with Crippen LogP contribution >= 0.6 is 11.6 Å². The number of nitrogens with one attached hydrogen (secondary N) is 1. The molecule has 1 aromatic heterocycles. The van der Waals surface area contributed by atoms with E-state index in [2.05, 4.69) is 10.3 Å². The Kier molecular flexibility index (Phi) is 6.58. The van der Waals surface area contributed by atoms with E-state index >= 15 is 0 Å². The van der Waals surface area contributed by atoms with E-state index in [9.17, 15) is 18.0 Å². The summed E-state index contributed by atoms with van der Waals surface area (Å²) >= 11 is 6.09. The van der Waals surface area contributed by atoms with Crippen molar-refractivity contribution in [3.05, 3.63) is 86.9 Å². The molecule has 178 valence electrons. The number of benzene rings is 2. The molecule has 1 fully saturated rings. The third kappa shape index (κ3) is 4.89. The summed E-state index contributed by atoms with van der Waals surface area (Å²) in [4.78, 5) is 17.0. The van der Waals surface area contributed by atoms with Gasteiger partial charge in [0.2, 0.25) is 0 Å². The van der Waals surface area contributed by atoms with Crippen LogP contribution < -0.4 is 10.1 Å². The zero-order valence-electron chi connectivity index (χ0n) is 19.0. The van der Waals surface area contributed by atoms with Crippen molar-refractivity contribution in [3.8, 4) is 11.5 Å². The van der Waals surface area contributed by atoms with Gasteiger partial charge in [0, 0.05) is 11.1 Å². The van der Waals surface area contributed by atoms with Crippen LogP contribution in [0.15, 0.2) is 42.6 Å². The van der Waals surface area contributed by atoms with E-state index in [1.165, 1.54) is 25.3 Å². The van der Waals surface area contributed by atoms with E-state index in [1.807, 2.05) is 6.92 Å². The molecule has 0 aliphatic heterocycles. The number of aromatic nitrogens is 1. The molecule has 4 nitrogen and oxygen atoms in total. The average Bonchev–Trinajstić information content (AvgIpc) is 3.61. The van der Waals surface area contributed by atoms with Crippen LogP contribution in [0.3, 0.4) is 0 Å². The van der Waals surface area contributed by atoms with Gasteiger partial charge in [-0.05, 0) is 56.7 Å². The quantitative estimate of drug-likeness (QED) is 0.364. The van der Waals surface area contributed by atoms with Gasteiger partial charge in [0.1, 0.15) is 5.15 Å². The first-order valence-electron chi connectivity index (χ1n) is 10.9. The van der Waals surface area contributed by atoms with Gasteiger partial charge in [-0.1, -0.05) is 47.5 Å². The monoisotopic (exact) mass is 488 g/mol. The molecule has 1 aliphatic carbocycles. The minimum Gasteiger partial charge on any atom is -0.452 e. The van der Waals surface area contributed by atoms with E-state index in [1.54, 1.807) is 31.2 Å². The highest BCUT2D eigenvalue weighted by molar-refractivity contribution is 6.30. The summed E-state index contributed by atoms with van der Waals surface area (Å²) in [6, 6.07) is 9.44. The number of halogens is 4. The summed E-state index contributed by atoms with van der Waals surface area (Å²) in [7, 11) is 0. The third-order valence-electron chi connectivity index (χ3n) is 5.93. The molecule has 34 heavy (non-hydrogen) atoms. The maximum absolute atomic E-state index is 14.9. The fraction of sp³-hybridized carbons (Fsp3) is 0.308. The van der Waals surface area contributed by atoms with Crippen LogP contribution in [0.5, 0.6) is 11.5 Å². The van der Waals surface area contributed by atoms with Gasteiger partial charge in [0.05, 0.1) is 18.3 Å². The molecule has 2 aromatic carbocycles. The average molecular weight is 489 g/mol. The van der Waals surface area contributed by atoms with Crippen molar-refractivity contribution in [2.75, 3.05) is 6.54 Å². The first kappa shape index (κ1) is 24.1. The summed E-state index contributed by atoms with van der Waals surface area (Å²) in [6.07, 6.45) is 3.00. The second kappa shape index (κ2) is 9.29. The van der Waals surface area contributed by atoms with Gasteiger partial charge in [0.15, 0.2) is 17.3 Å². The van der Waals surface area contributed by atoms with Crippen LogP contribution in [0.2, 0.25) is 5.15 Å². The lowest BCUT2D eigenvalue weighted by Crippen LogP contribution is -2.36. The Labute approximate surface area is 201 Å². The Morgan fingerprint density at radius 3 is 2.59 bits per heavy atom. The fourth-order valence-electron chi connectivity index (χ4n) is 3.96. The first-order valence-corrected chi connectivity index (χ1v) is 11.3. The molecule has 0 saturated heterocycles. The van der Waals surface area contributed by atoms with E-state index in [4.69, 9.17) is 16.3 Å². The van der Waals surface area contributed by atoms with Crippen LogP contribution in [0.1, 0.15) is 56.9 Å². The minimum atomic E-state index is -3.30. The van der Waals surface area contributed by atoms with E-state index < -0.39 is 24.2 Å². The lowest BCUT2D eigenvalue weighted by molar-refractivity contribution is -0.00310. The summed E-state index contributed by atoms with van der Waals surface area (Å²) < 4.78 is 50.5. The highest BCUT2D eigenvalue weighted by atomic mass is 35.5. The molecule has 0 spiro atoms. The molecule has 1 N–H and O–H groups in total. The van der Waals surface area contributed by atoms with Crippen molar-refractivity contribution in [1.82, 2.24) is 10.3 Å². The summed E-state index contributed by atoms with van der Waals surface area (Å²) in [6.45, 7) is 4.01. The number of hydrogen-bond donors (Lipinski definition) is 1. The number of aryl methyl sites for hydroxylation is 2. The number of nitrogens with zero attached hydrogens (tertiary/aromatic N) is 1. The molecule has 3 aromatic rings. The van der Waals surface area contributed by atoms with Gasteiger partial charge < -0.3 is 10.1 Å². The molecule has 8 heteroatoms. The van der Waals surface area contributed by atoms with Crippen molar-refractivity contribution in [2.24, 2.45) is 0 Å². The summed E-state index contributed by atoms with van der Waals surface area (Å²) in [5.41, 5.74) is 1.84. The molecule has 0 bridgehead atoms. The van der Waals surface area contributed by atoms with Gasteiger partial charge in [-0.25, -0.2) is 9.37 Å². The Bertz CT molecular complexity index is 1260. The SMILES string of the molecule is Cc1ccc(C(F)(F)CNC(=O)c2c(Oc3cccc(C4CC4)c3F)cnc(Cl)c2C)c(C)c1. The maximum atomic E-state index is 14.9. The molecule has 0 unspecified atom stereocenters. The summed E-state index contributed by atoms with van der Waals surface area (Å²) in [5, 5.41) is 2.30. The number of carbonyl (C=O) groups excluding carboxylic acids is 1. The molecule has 0 radical (unpaired) electrons. The number of amides is 1. The lowest BCUT2D eigenvalue weighted by atomic mass is 10.00. The van der Waals surface area contributed by atoms with Crippen LogP contribution in [0.4, 0.5) is 13.2 Å². The minimum absolute atomic E-state index is 0.0193. The van der Waals surface area contributed by atoms with Gasteiger partial charge in [-0.15, -0.1) is 0 Å². The third-order valence-corrected chi connectivity index (χ3v) is 6.31. The predicted octanol–water partition coefficient (Wildman–Crippen LogP) is 6.99. The van der Waals surface area contributed by atoms with E-state index in [0.29, 0.717) is 11.1 Å². The number of pyridine rings is 1. The molecule has 1 heterocycles. The van der Waals surface area contributed by atoms with Crippen molar-refractivity contribution in [2.45, 2.75) is 45.5 Å². The Balaban J connectivity index is 1.59. The summed E-state index contributed by atoms with van der Waals surface area (Å²) in [5.74, 6) is -4.61. The number of rotatable bonds is 7. The molecule has 0 atom stereocenters. The molecular formula is C26H24ClF3N2O2. The largest absolute Gasteiger partial charge is 0.452 e. The number of hydrogen-bond acceptors (Lipinski definition) is 3. The Morgan fingerprint density at radius 1 is 1.18 bits per heavy atom. The molecule has 4 rings (SSSR count). The van der Waals surface area contributed by atoms with Gasteiger partial charge >= 0.3 is 0 Å². The van der Waals surface area contributed by atoms with Gasteiger partial charge in [0.25, 0.3) is 11.8 Å². The second-order valence-corrected chi connectivity index (χ2v) is 9.01. The zero-order chi connectivity index (χ0) is 24.6. The van der Waals surface area contributed by atoms with E-state index in [0.717, 1.165) is 18.4 Å². The molecular weight excluding hydrogens is 465 g/mol. The molecule has 1 aliphatic rings. The molecule has 1 amide bonds. The lowest BCUT2D eigenvalue weighted by Gasteiger charge is -2.21. The first-order chi connectivity index (χ1) is 16.1. The standard InChI is InChI=1S/C26H24ClF3N2O2/c1-14-7-10-19(15(2)11-14)26(29,30)13-32-25(33)22-16(3)24(27)31-12-21(22)34-20-6-4-5-18(23(20)28)17-8-9-17/h4-7,10-12,17H,8-9,13H2,1-3H3,(H,32,33). The number of ether oxygens (including phenoxy) is 1. The molecule has 1 saturated carbocycles. The van der Waals surface area contributed by atoms with E-state index in [-0.39, 0.29) is 39.3 Å². The van der Waals surface area contributed by atoms with Crippen molar-refractivity contribution < 1.29 is 22.7 Å². The second-order valence-electron chi connectivity index (χ2n) is 8.65. The van der Waals surface area contributed by atoms with Crippen LogP contribution in [0, 0.1) is 26.6 Å². The van der Waals surface area contributed by atoms with Crippen molar-refractivity contribution >= 4 is 17.5 Å². The van der Waals surface area contributed by atoms with Gasteiger partial charge in [-0.2, -0.15) is 8.78 Å². The predicted molar refractivity (Wildman–Crippen MR) is 125 cm³/mol. The zero-order valence-corrected chi connectivity index (χ0v) is 19.8. The fourth-order valence-corrected chi connectivity index (χ4v) is 4.10. The smallest absolute Gasteiger partial charge is 0.290 e. The van der Waals surface area contributed by atoms with Crippen LogP contribution in [-0.2, 0) is 5.92 Å². The highest BCUT2D eigenvalue weighted by Gasteiger charge is 2.34. The topological polar surface area (TPSA) is 51.2 Å². The van der Waals surface area contributed by atoms with Crippen LogP contribution in [0.25, 0.3) is 0 Å². The van der Waals surface area contributed by atoms with Gasteiger partial charge in [-0.3, -0.25) is 4.79 Å².